The number of nitrogens with zero attached hydrogens (tertiary/aromatic N) is 1. The highest BCUT2D eigenvalue weighted by molar-refractivity contribution is 7.92. The van der Waals surface area contributed by atoms with Crippen LogP contribution in [0.25, 0.3) is 0 Å². The van der Waals surface area contributed by atoms with E-state index in [9.17, 15) is 32.5 Å². The molecule has 0 spiro atoms. The van der Waals surface area contributed by atoms with Crippen molar-refractivity contribution >= 4 is 33.3 Å². The third kappa shape index (κ3) is 5.00. The molecule has 0 saturated heterocycles. The van der Waals surface area contributed by atoms with Crippen LogP contribution in [0.15, 0.2) is 41.3 Å². The van der Waals surface area contributed by atoms with Gasteiger partial charge in [-0.25, -0.2) is 17.6 Å². The van der Waals surface area contributed by atoms with E-state index in [1.54, 1.807) is 0 Å². The minimum absolute atomic E-state index is 0.0128. The van der Waals surface area contributed by atoms with E-state index < -0.39 is 54.9 Å². The maximum Gasteiger partial charge on any atom is 0.341 e. The SMILES string of the molecule is COc1ccc([N+](=O)[O-])cc1NS(=O)(=O)c1ccc(F)c(C(=O)O[C@H](C)C(N)=O)c1. The number of carbonyl (C=O) groups is 2. The summed E-state index contributed by atoms with van der Waals surface area (Å²) in [5.41, 5.74) is 3.56. The number of nitro benzene ring substituents is 1. The summed E-state index contributed by atoms with van der Waals surface area (Å²) in [6.07, 6.45) is -1.37. The first-order valence-corrected chi connectivity index (χ1v) is 9.59. The summed E-state index contributed by atoms with van der Waals surface area (Å²) >= 11 is 0. The van der Waals surface area contributed by atoms with Crippen molar-refractivity contribution in [3.63, 3.8) is 0 Å². The second kappa shape index (κ2) is 8.73. The Bertz CT molecular complexity index is 1120. The molecule has 2 aromatic carbocycles. The van der Waals surface area contributed by atoms with E-state index in [0.717, 1.165) is 25.1 Å². The highest BCUT2D eigenvalue weighted by Gasteiger charge is 2.24. The third-order valence-electron chi connectivity index (χ3n) is 3.79. The third-order valence-corrected chi connectivity index (χ3v) is 5.15. The van der Waals surface area contributed by atoms with Crippen LogP contribution in [0, 0.1) is 15.9 Å². The Labute approximate surface area is 169 Å². The van der Waals surface area contributed by atoms with E-state index >= 15 is 0 Å². The number of esters is 1. The lowest BCUT2D eigenvalue weighted by Gasteiger charge is -2.13. The zero-order valence-corrected chi connectivity index (χ0v) is 16.4. The first-order chi connectivity index (χ1) is 14.0. The van der Waals surface area contributed by atoms with Crippen LogP contribution in [0.1, 0.15) is 17.3 Å². The molecule has 0 heterocycles. The number of methoxy groups -OCH3 is 1. The van der Waals surface area contributed by atoms with Crippen molar-refractivity contribution in [3.8, 4) is 5.75 Å². The van der Waals surface area contributed by atoms with Gasteiger partial charge in [-0.15, -0.1) is 0 Å². The topological polar surface area (TPSA) is 168 Å². The van der Waals surface area contributed by atoms with Crippen LogP contribution in [-0.4, -0.2) is 38.4 Å². The number of nitro groups is 1. The molecule has 30 heavy (non-hydrogen) atoms. The average Bonchev–Trinajstić information content (AvgIpc) is 2.67. The molecule has 3 N–H and O–H groups in total. The van der Waals surface area contributed by atoms with Gasteiger partial charge in [-0.2, -0.15) is 0 Å². The van der Waals surface area contributed by atoms with Gasteiger partial charge in [-0.05, 0) is 31.2 Å². The van der Waals surface area contributed by atoms with E-state index in [4.69, 9.17) is 10.5 Å². The number of amides is 1. The minimum atomic E-state index is -4.42. The second-order valence-electron chi connectivity index (χ2n) is 5.84. The number of sulfonamides is 1. The number of halogens is 1. The smallest absolute Gasteiger partial charge is 0.341 e. The van der Waals surface area contributed by atoms with Gasteiger partial charge in [0.05, 0.1) is 28.2 Å². The number of non-ortho nitro benzene ring substituents is 1. The molecule has 0 bridgehead atoms. The summed E-state index contributed by atoms with van der Waals surface area (Å²) in [6.45, 7) is 1.16. The highest BCUT2D eigenvalue weighted by Crippen LogP contribution is 2.31. The zero-order chi connectivity index (χ0) is 22.6. The monoisotopic (exact) mass is 441 g/mol. The lowest BCUT2D eigenvalue weighted by atomic mass is 10.2. The number of primary amides is 1. The van der Waals surface area contributed by atoms with E-state index in [1.807, 2.05) is 0 Å². The number of ether oxygens (including phenoxy) is 2. The van der Waals surface area contributed by atoms with E-state index in [1.165, 1.54) is 13.2 Å². The molecule has 1 amide bonds. The predicted octanol–water partition coefficient (Wildman–Crippen LogP) is 1.57. The molecular weight excluding hydrogens is 425 g/mol. The Balaban J connectivity index is 2.42. The molecule has 0 aliphatic rings. The molecule has 160 valence electrons. The largest absolute Gasteiger partial charge is 0.495 e. The van der Waals surface area contributed by atoms with E-state index in [-0.39, 0.29) is 11.4 Å². The quantitative estimate of drug-likeness (QED) is 0.353. The first kappa shape index (κ1) is 22.5. The van der Waals surface area contributed by atoms with Crippen LogP contribution in [0.5, 0.6) is 5.75 Å². The average molecular weight is 441 g/mol. The molecule has 0 fully saturated rings. The van der Waals surface area contributed by atoms with Gasteiger partial charge >= 0.3 is 5.97 Å². The van der Waals surface area contributed by atoms with Gasteiger partial charge < -0.3 is 15.2 Å². The number of nitrogens with two attached hydrogens (primary N) is 1. The van der Waals surface area contributed by atoms with E-state index in [0.29, 0.717) is 12.1 Å². The van der Waals surface area contributed by atoms with Gasteiger partial charge in [0.2, 0.25) is 0 Å². The van der Waals surface area contributed by atoms with Gasteiger partial charge in [0, 0.05) is 12.1 Å². The molecule has 2 rings (SSSR count). The predicted molar refractivity (Wildman–Crippen MR) is 101 cm³/mol. The summed E-state index contributed by atoms with van der Waals surface area (Å²) in [5.74, 6) is -3.39. The second-order valence-corrected chi connectivity index (χ2v) is 7.52. The molecule has 13 heteroatoms. The standard InChI is InChI=1S/C17H16FN3O8S/c1-9(16(19)22)29-17(23)12-8-11(4-5-13(12)18)30(26,27)20-14-7-10(21(24)25)3-6-15(14)28-2/h3-9,20H,1-2H3,(H2,19,22)/t9-/m1/s1. The fourth-order valence-corrected chi connectivity index (χ4v) is 3.29. The van der Waals surface area contributed by atoms with E-state index in [2.05, 4.69) is 9.46 Å². The number of hydrogen-bond acceptors (Lipinski definition) is 8. The summed E-state index contributed by atoms with van der Waals surface area (Å²) in [7, 11) is -3.20. The molecule has 0 aromatic heterocycles. The van der Waals surface area contributed by atoms with Gasteiger partial charge in [-0.3, -0.25) is 19.6 Å². The number of anilines is 1. The van der Waals surface area contributed by atoms with Gasteiger partial charge in [0.15, 0.2) is 6.10 Å². The van der Waals surface area contributed by atoms with Gasteiger partial charge in [0.1, 0.15) is 11.6 Å². The fourth-order valence-electron chi connectivity index (χ4n) is 2.20. The highest BCUT2D eigenvalue weighted by atomic mass is 32.2. The van der Waals surface area contributed by atoms with Crippen LogP contribution >= 0.6 is 0 Å². The summed E-state index contributed by atoms with van der Waals surface area (Å²) < 4.78 is 51.1. The van der Waals surface area contributed by atoms with Crippen molar-refractivity contribution in [2.24, 2.45) is 5.73 Å². The summed E-state index contributed by atoms with van der Waals surface area (Å²) in [5, 5.41) is 10.9. The Morgan fingerprint density at radius 3 is 2.47 bits per heavy atom. The number of rotatable bonds is 8. The van der Waals surface area contributed by atoms with Crippen molar-refractivity contribution < 1.29 is 36.8 Å². The van der Waals surface area contributed by atoms with Crippen LogP contribution in [0.3, 0.4) is 0 Å². The molecule has 0 aliphatic heterocycles. The number of nitrogens with one attached hydrogen (secondary N) is 1. The number of carbonyl (C=O) groups excluding carboxylic acids is 2. The van der Waals surface area contributed by atoms with Crippen molar-refractivity contribution in [1.29, 1.82) is 0 Å². The van der Waals surface area contributed by atoms with Gasteiger partial charge in [-0.1, -0.05) is 0 Å². The molecule has 1 atom stereocenters. The Hall–Kier alpha value is -3.74. The molecule has 0 radical (unpaired) electrons. The molecule has 0 aliphatic carbocycles. The zero-order valence-electron chi connectivity index (χ0n) is 15.6. The van der Waals surface area contributed by atoms with Crippen molar-refractivity contribution in [1.82, 2.24) is 0 Å². The maximum absolute atomic E-state index is 14.0. The lowest BCUT2D eigenvalue weighted by Crippen LogP contribution is -2.30. The molecule has 0 saturated carbocycles. The normalized spacial score (nSPS) is 12.0. The summed E-state index contributed by atoms with van der Waals surface area (Å²) in [6, 6.07) is 5.51. The van der Waals surface area contributed by atoms with Gasteiger partial charge in [0.25, 0.3) is 21.6 Å². The Morgan fingerprint density at radius 1 is 1.23 bits per heavy atom. The molecule has 2 aromatic rings. The molecule has 0 unspecified atom stereocenters. The molecule has 11 nitrogen and oxygen atoms in total. The minimum Gasteiger partial charge on any atom is -0.495 e. The Kier molecular flexibility index (Phi) is 6.56. The van der Waals surface area contributed by atoms with Crippen molar-refractivity contribution in [2.45, 2.75) is 17.9 Å². The maximum atomic E-state index is 14.0. The van der Waals surface area contributed by atoms with Crippen molar-refractivity contribution in [3.05, 3.63) is 57.9 Å². The summed E-state index contributed by atoms with van der Waals surface area (Å²) in [4.78, 5) is 32.7. The first-order valence-electron chi connectivity index (χ1n) is 8.11. The van der Waals surface area contributed by atoms with Crippen LogP contribution in [0.4, 0.5) is 15.8 Å². The van der Waals surface area contributed by atoms with Crippen LogP contribution in [0.2, 0.25) is 0 Å². The fraction of sp³-hybridized carbons (Fsp3) is 0.176. The molecular formula is C17H16FN3O8S. The number of benzene rings is 2. The van der Waals surface area contributed by atoms with Crippen molar-refractivity contribution in [2.75, 3.05) is 11.8 Å². The van der Waals surface area contributed by atoms with Crippen LogP contribution < -0.4 is 15.2 Å². The Morgan fingerprint density at radius 2 is 1.90 bits per heavy atom. The number of hydrogen-bond donors (Lipinski definition) is 2. The van der Waals surface area contributed by atoms with Crippen LogP contribution in [-0.2, 0) is 19.6 Å². The lowest BCUT2D eigenvalue weighted by molar-refractivity contribution is -0.384.